The van der Waals surface area contributed by atoms with Gasteiger partial charge >= 0.3 is 0 Å². The maximum absolute atomic E-state index is 5.40. The summed E-state index contributed by atoms with van der Waals surface area (Å²) in [5, 5.41) is 0.728. The first kappa shape index (κ1) is 13.8. The molecule has 0 saturated heterocycles. The summed E-state index contributed by atoms with van der Waals surface area (Å²) >= 11 is 5.08. The van der Waals surface area contributed by atoms with Crippen LogP contribution in [0.5, 0.6) is 0 Å². The number of nitrogens with zero attached hydrogens (tertiary/aromatic N) is 1. The van der Waals surface area contributed by atoms with Gasteiger partial charge in [0.05, 0.1) is 6.61 Å². The van der Waals surface area contributed by atoms with Crippen LogP contribution in [0.3, 0.4) is 0 Å². The summed E-state index contributed by atoms with van der Waals surface area (Å²) in [7, 11) is 4.06. The van der Waals surface area contributed by atoms with E-state index in [1.165, 1.54) is 0 Å². The predicted octanol–water partition coefficient (Wildman–Crippen LogP) is 1.41. The molecule has 2 N–H and O–H groups in total. The third kappa shape index (κ3) is 9.89. The van der Waals surface area contributed by atoms with Gasteiger partial charge < -0.3 is 15.4 Å². The summed E-state index contributed by atoms with van der Waals surface area (Å²) in [5.41, 5.74) is 5.38. The Bertz CT molecular complexity index is 151. The van der Waals surface area contributed by atoms with Crippen LogP contribution in [0.1, 0.15) is 25.7 Å². The number of ether oxygens (including phenoxy) is 1. The third-order valence-corrected chi connectivity index (χ3v) is 2.20. The lowest BCUT2D eigenvalue weighted by molar-refractivity contribution is 0.287. The van der Waals surface area contributed by atoms with Crippen LogP contribution < -0.4 is 5.73 Å². The summed E-state index contributed by atoms with van der Waals surface area (Å²) < 4.78 is 5.40. The zero-order valence-corrected chi connectivity index (χ0v) is 10.1. The number of hydrogen-bond donors (Lipinski definition) is 1. The van der Waals surface area contributed by atoms with Gasteiger partial charge in [-0.05, 0) is 52.1 Å². The van der Waals surface area contributed by atoms with Gasteiger partial charge in [-0.2, -0.15) is 0 Å². The van der Waals surface area contributed by atoms with E-state index >= 15 is 0 Å². The Hall–Kier alpha value is -0.190. The average Bonchev–Trinajstić information content (AvgIpc) is 2.14. The zero-order chi connectivity index (χ0) is 10.8. The average molecular weight is 218 g/mol. The van der Waals surface area contributed by atoms with Crippen LogP contribution in [0, 0.1) is 0 Å². The molecule has 0 rings (SSSR count). The van der Waals surface area contributed by atoms with Crippen molar-refractivity contribution in [2.75, 3.05) is 33.8 Å². The highest BCUT2D eigenvalue weighted by Crippen LogP contribution is 1.97. The summed E-state index contributed by atoms with van der Waals surface area (Å²) in [6, 6.07) is 0. The van der Waals surface area contributed by atoms with E-state index in [0.717, 1.165) is 50.4 Å². The molecule has 0 radical (unpaired) electrons. The fraction of sp³-hybridized carbons (Fsp3) is 0.900. The molecule has 4 heteroatoms. The van der Waals surface area contributed by atoms with Crippen molar-refractivity contribution in [2.24, 2.45) is 5.73 Å². The Kier molecular flexibility index (Phi) is 9.24. The van der Waals surface area contributed by atoms with Crippen molar-refractivity contribution in [2.45, 2.75) is 25.7 Å². The van der Waals surface area contributed by atoms with E-state index in [-0.39, 0.29) is 0 Å². The fourth-order valence-electron chi connectivity index (χ4n) is 0.996. The van der Waals surface area contributed by atoms with Gasteiger partial charge in [-0.15, -0.1) is 0 Å². The molecular formula is C10H22N2OS. The first-order valence-corrected chi connectivity index (χ1v) is 5.58. The highest BCUT2D eigenvalue weighted by Gasteiger charge is 1.98. The minimum atomic E-state index is 0.728. The molecule has 0 saturated carbocycles. The monoisotopic (exact) mass is 218 g/mol. The summed E-state index contributed by atoms with van der Waals surface area (Å²) in [4.78, 5) is 2.10. The van der Waals surface area contributed by atoms with Crippen molar-refractivity contribution in [1.82, 2.24) is 4.90 Å². The second kappa shape index (κ2) is 9.37. The van der Waals surface area contributed by atoms with E-state index in [0.29, 0.717) is 0 Å². The first-order valence-electron chi connectivity index (χ1n) is 5.17. The van der Waals surface area contributed by atoms with E-state index in [9.17, 15) is 0 Å². The molecule has 0 aliphatic heterocycles. The minimum absolute atomic E-state index is 0.728. The van der Waals surface area contributed by atoms with Crippen LogP contribution >= 0.6 is 12.2 Å². The Morgan fingerprint density at radius 1 is 1.29 bits per heavy atom. The van der Waals surface area contributed by atoms with E-state index in [4.69, 9.17) is 22.7 Å². The van der Waals surface area contributed by atoms with Gasteiger partial charge in [-0.3, -0.25) is 0 Å². The van der Waals surface area contributed by atoms with Gasteiger partial charge in [-0.1, -0.05) is 0 Å². The molecule has 14 heavy (non-hydrogen) atoms. The second-order valence-corrected chi connectivity index (χ2v) is 4.08. The molecule has 0 aromatic heterocycles. The molecular weight excluding hydrogens is 196 g/mol. The van der Waals surface area contributed by atoms with E-state index in [1.54, 1.807) is 0 Å². The van der Waals surface area contributed by atoms with Gasteiger partial charge in [-0.25, -0.2) is 0 Å². The number of nitrogens with two attached hydrogens (primary N) is 1. The molecule has 0 amide bonds. The fourth-order valence-corrected chi connectivity index (χ4v) is 1.17. The number of unbranched alkanes of at least 4 members (excludes halogenated alkanes) is 2. The third-order valence-electron chi connectivity index (χ3n) is 1.87. The number of rotatable bonds is 8. The quantitative estimate of drug-likeness (QED) is 0.494. The molecule has 0 heterocycles. The van der Waals surface area contributed by atoms with E-state index < -0.39 is 0 Å². The Balaban J connectivity index is 3.18. The molecule has 0 unspecified atom stereocenters. The molecule has 0 fully saturated rings. The molecule has 84 valence electrons. The van der Waals surface area contributed by atoms with E-state index in [1.807, 2.05) is 14.1 Å². The van der Waals surface area contributed by atoms with E-state index in [2.05, 4.69) is 4.90 Å². The molecule has 0 aliphatic carbocycles. The first-order chi connectivity index (χ1) is 6.66. The molecule has 0 spiro atoms. The second-order valence-electron chi connectivity index (χ2n) is 3.62. The van der Waals surface area contributed by atoms with Crippen LogP contribution in [0.25, 0.3) is 0 Å². The highest BCUT2D eigenvalue weighted by atomic mass is 32.1. The van der Waals surface area contributed by atoms with Crippen molar-refractivity contribution in [3.63, 3.8) is 0 Å². The molecule has 0 atom stereocenters. The largest absolute Gasteiger partial charge is 0.487 e. The number of thiocarbonyl (C=S) groups is 1. The smallest absolute Gasteiger partial charge is 0.160 e. The maximum atomic E-state index is 5.40. The zero-order valence-electron chi connectivity index (χ0n) is 9.29. The van der Waals surface area contributed by atoms with Crippen LogP contribution in [-0.2, 0) is 4.74 Å². The van der Waals surface area contributed by atoms with Gasteiger partial charge in [0, 0.05) is 13.0 Å². The standard InChI is InChI=1S/C10H22N2OS/c1-12(2)8-6-10(14)13-9-5-3-4-7-11/h3-9,11H2,1-2H3. The minimum Gasteiger partial charge on any atom is -0.487 e. The Labute approximate surface area is 92.6 Å². The van der Waals surface area contributed by atoms with Gasteiger partial charge in [0.15, 0.2) is 5.05 Å². The number of hydrogen-bond acceptors (Lipinski definition) is 4. The summed E-state index contributed by atoms with van der Waals surface area (Å²) in [6.45, 7) is 2.47. The SMILES string of the molecule is CN(C)CCC(=S)OCCCCCN. The topological polar surface area (TPSA) is 38.5 Å². The molecule has 3 nitrogen and oxygen atoms in total. The summed E-state index contributed by atoms with van der Waals surface area (Å²) in [5.74, 6) is 0. The van der Waals surface area contributed by atoms with Crippen LogP contribution in [0.4, 0.5) is 0 Å². The lowest BCUT2D eigenvalue weighted by atomic mass is 10.2. The molecule has 0 aliphatic rings. The van der Waals surface area contributed by atoms with Gasteiger partial charge in [0.25, 0.3) is 0 Å². The van der Waals surface area contributed by atoms with Crippen molar-refractivity contribution < 1.29 is 4.74 Å². The highest BCUT2D eigenvalue weighted by molar-refractivity contribution is 7.80. The van der Waals surface area contributed by atoms with Crippen molar-refractivity contribution >= 4 is 17.3 Å². The van der Waals surface area contributed by atoms with Crippen LogP contribution in [0.15, 0.2) is 0 Å². The van der Waals surface area contributed by atoms with Crippen molar-refractivity contribution in [3.8, 4) is 0 Å². The lowest BCUT2D eigenvalue weighted by Gasteiger charge is -2.11. The Morgan fingerprint density at radius 3 is 2.57 bits per heavy atom. The lowest BCUT2D eigenvalue weighted by Crippen LogP contribution is -2.17. The molecule has 0 bridgehead atoms. The Morgan fingerprint density at radius 2 is 2.00 bits per heavy atom. The molecule has 0 aromatic rings. The predicted molar refractivity (Wildman–Crippen MR) is 64.6 cm³/mol. The van der Waals surface area contributed by atoms with Crippen LogP contribution in [0.2, 0.25) is 0 Å². The normalized spacial score (nSPS) is 10.6. The van der Waals surface area contributed by atoms with Gasteiger partial charge in [0.1, 0.15) is 0 Å². The molecule has 0 aromatic carbocycles. The van der Waals surface area contributed by atoms with Gasteiger partial charge in [0.2, 0.25) is 0 Å². The summed E-state index contributed by atoms with van der Waals surface area (Å²) in [6.07, 6.45) is 4.11. The van der Waals surface area contributed by atoms with Crippen LogP contribution in [-0.4, -0.2) is 43.7 Å². The van der Waals surface area contributed by atoms with Crippen molar-refractivity contribution in [3.05, 3.63) is 0 Å². The maximum Gasteiger partial charge on any atom is 0.160 e. The van der Waals surface area contributed by atoms with Crippen molar-refractivity contribution in [1.29, 1.82) is 0 Å².